The molecule has 0 radical (unpaired) electrons. The number of anilines is 1. The van der Waals surface area contributed by atoms with Crippen molar-refractivity contribution in [2.75, 3.05) is 32.1 Å². The van der Waals surface area contributed by atoms with Gasteiger partial charge in [0, 0.05) is 62.2 Å². The maximum Gasteiger partial charge on any atom is 0.257 e. The quantitative estimate of drug-likeness (QED) is 0.408. The second-order valence-electron chi connectivity index (χ2n) is 8.59. The maximum atomic E-state index is 13.0. The number of ether oxygens (including phenoxy) is 1. The molecule has 2 N–H and O–H groups in total. The van der Waals surface area contributed by atoms with E-state index in [2.05, 4.69) is 20.3 Å². The largest absolute Gasteiger partial charge is 0.385 e. The fourth-order valence-corrected chi connectivity index (χ4v) is 4.45. The molecule has 0 bridgehead atoms. The number of methoxy groups -OCH3 is 1. The Morgan fingerprint density at radius 3 is 2.79 bits per heavy atom. The normalized spacial score (nSPS) is 14.1. The molecule has 3 aromatic heterocycles. The molecule has 9 heteroatoms. The molecule has 2 amide bonds. The van der Waals surface area contributed by atoms with E-state index < -0.39 is 0 Å². The molecular formula is C25H28N6O3. The van der Waals surface area contributed by atoms with Gasteiger partial charge in [-0.3, -0.25) is 19.5 Å². The number of hydrogen-bond donors (Lipinski definition) is 2. The molecule has 1 aliphatic heterocycles. The van der Waals surface area contributed by atoms with E-state index in [4.69, 9.17) is 4.74 Å². The molecule has 0 saturated carbocycles. The van der Waals surface area contributed by atoms with E-state index in [0.29, 0.717) is 41.4 Å². The van der Waals surface area contributed by atoms with E-state index >= 15 is 0 Å². The number of carbonyl (C=O) groups is 2. The Labute approximate surface area is 197 Å². The maximum absolute atomic E-state index is 13.0. The number of nitrogens with zero attached hydrogens (tertiary/aromatic N) is 4. The average molecular weight is 461 g/mol. The van der Waals surface area contributed by atoms with Gasteiger partial charge in [-0.25, -0.2) is 9.97 Å². The fourth-order valence-electron chi connectivity index (χ4n) is 4.45. The van der Waals surface area contributed by atoms with Crippen LogP contribution in [0.5, 0.6) is 0 Å². The number of pyridine rings is 1. The summed E-state index contributed by atoms with van der Waals surface area (Å²) in [5, 5.41) is 3.90. The molecule has 9 nitrogen and oxygen atoms in total. The van der Waals surface area contributed by atoms with Crippen LogP contribution in [0.4, 0.5) is 5.95 Å². The number of H-pyrrole nitrogens is 1. The van der Waals surface area contributed by atoms with Crippen LogP contribution in [0.15, 0.2) is 42.7 Å². The van der Waals surface area contributed by atoms with Gasteiger partial charge in [-0.15, -0.1) is 0 Å². The molecule has 1 aromatic carbocycles. The van der Waals surface area contributed by atoms with Crippen LogP contribution in [0.2, 0.25) is 0 Å². The number of aromatic amines is 1. The lowest BCUT2D eigenvalue weighted by atomic mass is 10.1. The monoisotopic (exact) mass is 460 g/mol. The minimum Gasteiger partial charge on any atom is -0.385 e. The minimum absolute atomic E-state index is 0.0200. The predicted molar refractivity (Wildman–Crippen MR) is 130 cm³/mol. The first-order valence-corrected chi connectivity index (χ1v) is 11.7. The van der Waals surface area contributed by atoms with Crippen molar-refractivity contribution in [3.05, 3.63) is 53.9 Å². The lowest BCUT2D eigenvalue weighted by Gasteiger charge is -2.26. The highest BCUT2D eigenvalue weighted by molar-refractivity contribution is 6.06. The van der Waals surface area contributed by atoms with Crippen LogP contribution in [-0.2, 0) is 11.3 Å². The molecule has 1 saturated heterocycles. The third-order valence-electron chi connectivity index (χ3n) is 6.25. The van der Waals surface area contributed by atoms with E-state index in [1.54, 1.807) is 25.4 Å². The first kappa shape index (κ1) is 22.1. The van der Waals surface area contributed by atoms with Gasteiger partial charge in [-0.05, 0) is 56.0 Å². The zero-order chi connectivity index (χ0) is 23.5. The minimum atomic E-state index is -0.254. The molecule has 1 fully saturated rings. The summed E-state index contributed by atoms with van der Waals surface area (Å²) >= 11 is 0. The summed E-state index contributed by atoms with van der Waals surface area (Å²) in [6.45, 7) is 2.69. The van der Waals surface area contributed by atoms with Gasteiger partial charge < -0.3 is 14.6 Å². The number of rotatable bonds is 7. The number of piperidine rings is 1. The van der Waals surface area contributed by atoms with Crippen molar-refractivity contribution in [3.63, 3.8) is 0 Å². The number of hydrogen-bond acceptors (Lipinski definition) is 5. The molecule has 1 aliphatic rings. The van der Waals surface area contributed by atoms with Crippen LogP contribution >= 0.6 is 0 Å². The number of benzene rings is 1. The van der Waals surface area contributed by atoms with Crippen LogP contribution in [0, 0.1) is 0 Å². The second-order valence-corrected chi connectivity index (χ2v) is 8.59. The Kier molecular flexibility index (Phi) is 6.27. The van der Waals surface area contributed by atoms with Crippen molar-refractivity contribution in [2.45, 2.75) is 32.2 Å². The average Bonchev–Trinajstić information content (AvgIpc) is 3.47. The second kappa shape index (κ2) is 9.64. The van der Waals surface area contributed by atoms with Gasteiger partial charge in [-0.2, -0.15) is 0 Å². The van der Waals surface area contributed by atoms with Crippen molar-refractivity contribution in [3.8, 4) is 0 Å². The first-order valence-electron chi connectivity index (χ1n) is 11.7. The first-order chi connectivity index (χ1) is 16.6. The van der Waals surface area contributed by atoms with Crippen LogP contribution in [0.3, 0.4) is 0 Å². The standard InChI is InChI=1S/C25H28N6O3/c1-34-13-5-12-31-22-21(15-19(16-27-22)24(33)30-10-3-2-4-11-30)28-25(31)29-23(32)18-6-7-20-17(14-18)8-9-26-20/h6-9,14-16,26H,2-5,10-13H2,1H3,(H,28,29,32). The van der Waals surface area contributed by atoms with Crippen LogP contribution < -0.4 is 5.32 Å². The number of likely N-dealkylation sites (tertiary alicyclic amines) is 1. The Morgan fingerprint density at radius 1 is 1.12 bits per heavy atom. The highest BCUT2D eigenvalue weighted by Gasteiger charge is 2.21. The summed E-state index contributed by atoms with van der Waals surface area (Å²) in [4.78, 5) is 40.2. The fraction of sp³-hybridized carbons (Fsp3) is 0.360. The topological polar surface area (TPSA) is 105 Å². The number of aryl methyl sites for hydroxylation is 1. The SMILES string of the molecule is COCCCn1c(NC(=O)c2ccc3[nH]ccc3c2)nc2cc(C(=O)N3CCCCC3)cnc21. The lowest BCUT2D eigenvalue weighted by Crippen LogP contribution is -2.35. The van der Waals surface area contributed by atoms with E-state index in [9.17, 15) is 9.59 Å². The van der Waals surface area contributed by atoms with Crippen molar-refractivity contribution < 1.29 is 14.3 Å². The van der Waals surface area contributed by atoms with E-state index in [1.165, 1.54) is 0 Å². The van der Waals surface area contributed by atoms with Gasteiger partial charge in [0.25, 0.3) is 11.8 Å². The van der Waals surface area contributed by atoms with Crippen LogP contribution in [0.1, 0.15) is 46.4 Å². The summed E-state index contributed by atoms with van der Waals surface area (Å²) in [6, 6.07) is 9.20. The van der Waals surface area contributed by atoms with Crippen molar-refractivity contribution in [1.82, 2.24) is 24.4 Å². The van der Waals surface area contributed by atoms with Gasteiger partial charge in [-0.1, -0.05) is 0 Å². The highest BCUT2D eigenvalue weighted by atomic mass is 16.5. The van der Waals surface area contributed by atoms with E-state index in [0.717, 1.165) is 49.7 Å². The summed E-state index contributed by atoms with van der Waals surface area (Å²) in [5.41, 5.74) is 3.24. The van der Waals surface area contributed by atoms with Crippen LogP contribution in [0.25, 0.3) is 22.1 Å². The van der Waals surface area contributed by atoms with Crippen molar-refractivity contribution in [2.24, 2.45) is 0 Å². The summed E-state index contributed by atoms with van der Waals surface area (Å²) < 4.78 is 7.07. The number of aromatic nitrogens is 4. The molecule has 34 heavy (non-hydrogen) atoms. The Balaban J connectivity index is 1.45. The number of amides is 2. The highest BCUT2D eigenvalue weighted by Crippen LogP contribution is 2.22. The molecular weight excluding hydrogens is 432 g/mol. The molecule has 4 aromatic rings. The third-order valence-corrected chi connectivity index (χ3v) is 6.25. The molecule has 5 rings (SSSR count). The number of imidazole rings is 1. The van der Waals surface area contributed by atoms with E-state index in [-0.39, 0.29) is 11.8 Å². The van der Waals surface area contributed by atoms with Crippen LogP contribution in [-0.4, -0.2) is 63.0 Å². The number of carbonyl (C=O) groups excluding carboxylic acids is 2. The number of fused-ring (bicyclic) bond motifs is 2. The Hall–Kier alpha value is -3.72. The summed E-state index contributed by atoms with van der Waals surface area (Å²) in [5.74, 6) is 0.129. The third kappa shape index (κ3) is 4.38. The zero-order valence-corrected chi connectivity index (χ0v) is 19.2. The van der Waals surface area contributed by atoms with Gasteiger partial charge >= 0.3 is 0 Å². The molecule has 0 atom stereocenters. The van der Waals surface area contributed by atoms with Crippen molar-refractivity contribution in [1.29, 1.82) is 0 Å². The summed E-state index contributed by atoms with van der Waals surface area (Å²) in [6.07, 6.45) is 7.40. The van der Waals surface area contributed by atoms with Gasteiger partial charge in [0.2, 0.25) is 5.95 Å². The molecule has 4 heterocycles. The van der Waals surface area contributed by atoms with Gasteiger partial charge in [0.1, 0.15) is 5.52 Å². The van der Waals surface area contributed by atoms with E-state index in [1.807, 2.05) is 33.9 Å². The molecule has 0 spiro atoms. The number of nitrogens with one attached hydrogen (secondary N) is 2. The summed E-state index contributed by atoms with van der Waals surface area (Å²) in [7, 11) is 1.66. The predicted octanol–water partition coefficient (Wildman–Crippen LogP) is 3.83. The zero-order valence-electron chi connectivity index (χ0n) is 19.2. The Morgan fingerprint density at radius 2 is 1.97 bits per heavy atom. The molecule has 176 valence electrons. The van der Waals surface area contributed by atoms with Gasteiger partial charge in [0.15, 0.2) is 5.65 Å². The Bertz CT molecular complexity index is 1340. The lowest BCUT2D eigenvalue weighted by molar-refractivity contribution is 0.0724. The van der Waals surface area contributed by atoms with Gasteiger partial charge in [0.05, 0.1) is 5.56 Å². The smallest absolute Gasteiger partial charge is 0.257 e. The molecule has 0 unspecified atom stereocenters. The van der Waals surface area contributed by atoms with Crippen molar-refractivity contribution >= 4 is 39.8 Å². The molecule has 0 aliphatic carbocycles.